The van der Waals surface area contributed by atoms with Crippen molar-refractivity contribution in [2.75, 3.05) is 6.54 Å². The van der Waals surface area contributed by atoms with Crippen LogP contribution in [0.3, 0.4) is 0 Å². The molecule has 92 valence electrons. The van der Waals surface area contributed by atoms with Gasteiger partial charge in [0.2, 0.25) is 5.91 Å². The SMILES string of the molecule is NC(=O)C1CCC(NCC(N)C(=O)O)CC1. The summed E-state index contributed by atoms with van der Waals surface area (Å²) < 4.78 is 0. The summed E-state index contributed by atoms with van der Waals surface area (Å²) in [6, 6.07) is -0.616. The van der Waals surface area contributed by atoms with Gasteiger partial charge in [0.05, 0.1) is 0 Å². The van der Waals surface area contributed by atoms with E-state index in [4.69, 9.17) is 16.6 Å². The minimum Gasteiger partial charge on any atom is -0.480 e. The third-order valence-corrected chi connectivity index (χ3v) is 3.07. The van der Waals surface area contributed by atoms with Gasteiger partial charge in [-0.2, -0.15) is 0 Å². The number of primary amides is 1. The second kappa shape index (κ2) is 5.81. The zero-order chi connectivity index (χ0) is 12.1. The molecule has 0 aromatic rings. The Morgan fingerprint density at radius 1 is 1.31 bits per heavy atom. The van der Waals surface area contributed by atoms with E-state index in [2.05, 4.69) is 5.32 Å². The molecule has 0 aromatic heterocycles. The van der Waals surface area contributed by atoms with Crippen LogP contribution in [-0.2, 0) is 9.59 Å². The molecular formula is C10H19N3O3. The van der Waals surface area contributed by atoms with Crippen molar-refractivity contribution in [2.45, 2.75) is 37.8 Å². The lowest BCUT2D eigenvalue weighted by molar-refractivity contribution is -0.138. The number of nitrogens with two attached hydrogens (primary N) is 2. The number of hydrogen-bond donors (Lipinski definition) is 4. The van der Waals surface area contributed by atoms with Gasteiger partial charge >= 0.3 is 5.97 Å². The highest BCUT2D eigenvalue weighted by Crippen LogP contribution is 2.23. The fourth-order valence-electron chi connectivity index (χ4n) is 1.96. The van der Waals surface area contributed by atoms with Crippen molar-refractivity contribution in [1.29, 1.82) is 0 Å². The molecule has 6 nitrogen and oxygen atoms in total. The summed E-state index contributed by atoms with van der Waals surface area (Å²) in [5.74, 6) is -1.26. The van der Waals surface area contributed by atoms with E-state index in [0.29, 0.717) is 0 Å². The molecule has 0 aliphatic heterocycles. The average Bonchev–Trinajstić information content (AvgIpc) is 2.26. The van der Waals surface area contributed by atoms with Crippen molar-refractivity contribution in [1.82, 2.24) is 5.32 Å². The predicted octanol–water partition coefficient (Wildman–Crippen LogP) is -0.968. The van der Waals surface area contributed by atoms with Crippen molar-refractivity contribution < 1.29 is 14.7 Å². The molecular weight excluding hydrogens is 210 g/mol. The second-order valence-electron chi connectivity index (χ2n) is 4.30. The van der Waals surface area contributed by atoms with Crippen molar-refractivity contribution in [3.8, 4) is 0 Å². The van der Waals surface area contributed by atoms with E-state index in [0.717, 1.165) is 25.7 Å². The molecule has 1 amide bonds. The smallest absolute Gasteiger partial charge is 0.321 e. The molecule has 1 atom stereocenters. The lowest BCUT2D eigenvalue weighted by Crippen LogP contribution is -2.45. The molecule has 1 aliphatic carbocycles. The van der Waals surface area contributed by atoms with Crippen LogP contribution in [-0.4, -0.2) is 35.6 Å². The summed E-state index contributed by atoms with van der Waals surface area (Å²) in [6.45, 7) is 0.265. The third kappa shape index (κ3) is 3.79. The molecule has 16 heavy (non-hydrogen) atoms. The largest absolute Gasteiger partial charge is 0.480 e. The minimum absolute atomic E-state index is 0.0220. The molecule has 0 bridgehead atoms. The van der Waals surface area contributed by atoms with Crippen LogP contribution >= 0.6 is 0 Å². The maximum Gasteiger partial charge on any atom is 0.321 e. The molecule has 0 radical (unpaired) electrons. The van der Waals surface area contributed by atoms with E-state index < -0.39 is 12.0 Å². The van der Waals surface area contributed by atoms with Crippen LogP contribution in [0, 0.1) is 5.92 Å². The quantitative estimate of drug-likeness (QED) is 0.484. The van der Waals surface area contributed by atoms with Gasteiger partial charge in [-0.3, -0.25) is 9.59 Å². The van der Waals surface area contributed by atoms with Gasteiger partial charge in [-0.1, -0.05) is 0 Å². The Balaban J connectivity index is 2.22. The Kier molecular flexibility index (Phi) is 4.70. The zero-order valence-corrected chi connectivity index (χ0v) is 9.19. The first-order valence-electron chi connectivity index (χ1n) is 5.51. The van der Waals surface area contributed by atoms with Crippen LogP contribution < -0.4 is 16.8 Å². The van der Waals surface area contributed by atoms with Crippen LogP contribution in [0.2, 0.25) is 0 Å². The maximum atomic E-state index is 10.9. The van der Waals surface area contributed by atoms with Gasteiger partial charge in [0.15, 0.2) is 0 Å². The summed E-state index contributed by atoms with van der Waals surface area (Å²) in [4.78, 5) is 21.4. The van der Waals surface area contributed by atoms with Crippen LogP contribution in [0.25, 0.3) is 0 Å². The lowest BCUT2D eigenvalue weighted by Gasteiger charge is -2.27. The summed E-state index contributed by atoms with van der Waals surface area (Å²) in [7, 11) is 0. The number of carbonyl (C=O) groups is 2. The molecule has 0 spiro atoms. The number of hydrogen-bond acceptors (Lipinski definition) is 4. The van der Waals surface area contributed by atoms with E-state index in [-0.39, 0.29) is 24.4 Å². The number of nitrogens with one attached hydrogen (secondary N) is 1. The highest BCUT2D eigenvalue weighted by molar-refractivity contribution is 5.76. The standard InChI is InChI=1S/C10H19N3O3/c11-8(10(15)16)5-13-7-3-1-6(2-4-7)9(12)14/h6-8,13H,1-5,11H2,(H2,12,14)(H,15,16). The van der Waals surface area contributed by atoms with Crippen LogP contribution in [0.15, 0.2) is 0 Å². The Morgan fingerprint density at radius 3 is 2.31 bits per heavy atom. The molecule has 1 unspecified atom stereocenters. The monoisotopic (exact) mass is 229 g/mol. The molecule has 0 saturated heterocycles. The lowest BCUT2D eigenvalue weighted by atomic mass is 9.85. The number of amides is 1. The van der Waals surface area contributed by atoms with Gasteiger partial charge in [-0.25, -0.2) is 0 Å². The highest BCUT2D eigenvalue weighted by atomic mass is 16.4. The van der Waals surface area contributed by atoms with E-state index in [1.165, 1.54) is 0 Å². The topological polar surface area (TPSA) is 118 Å². The summed E-state index contributed by atoms with van der Waals surface area (Å²) in [5.41, 5.74) is 10.6. The molecule has 0 heterocycles. The summed E-state index contributed by atoms with van der Waals surface area (Å²) in [6.07, 6.45) is 3.24. The van der Waals surface area contributed by atoms with Gasteiger partial charge < -0.3 is 21.9 Å². The predicted molar refractivity (Wildman–Crippen MR) is 58.6 cm³/mol. The first-order valence-corrected chi connectivity index (χ1v) is 5.51. The first-order chi connectivity index (χ1) is 7.50. The van der Waals surface area contributed by atoms with Crippen molar-refractivity contribution in [3.63, 3.8) is 0 Å². The Bertz CT molecular complexity index is 262. The summed E-state index contributed by atoms with van der Waals surface area (Å²) in [5, 5.41) is 11.7. The van der Waals surface area contributed by atoms with Gasteiger partial charge in [0.1, 0.15) is 6.04 Å². The van der Waals surface area contributed by atoms with Crippen LogP contribution in [0.5, 0.6) is 0 Å². The van der Waals surface area contributed by atoms with Gasteiger partial charge in [0.25, 0.3) is 0 Å². The molecule has 1 saturated carbocycles. The van der Waals surface area contributed by atoms with E-state index in [1.807, 2.05) is 0 Å². The zero-order valence-electron chi connectivity index (χ0n) is 9.19. The normalized spacial score (nSPS) is 27.3. The number of carboxylic acids is 1. The van der Waals surface area contributed by atoms with E-state index >= 15 is 0 Å². The number of aliphatic carboxylic acids is 1. The third-order valence-electron chi connectivity index (χ3n) is 3.07. The van der Waals surface area contributed by atoms with Crippen molar-refractivity contribution in [2.24, 2.45) is 17.4 Å². The molecule has 1 fully saturated rings. The highest BCUT2D eigenvalue weighted by Gasteiger charge is 2.25. The second-order valence-corrected chi connectivity index (χ2v) is 4.30. The Morgan fingerprint density at radius 2 is 1.88 bits per heavy atom. The Hall–Kier alpha value is -1.14. The average molecular weight is 229 g/mol. The fraction of sp³-hybridized carbons (Fsp3) is 0.800. The maximum absolute atomic E-state index is 10.9. The van der Waals surface area contributed by atoms with Crippen LogP contribution in [0.1, 0.15) is 25.7 Å². The summed E-state index contributed by atoms with van der Waals surface area (Å²) >= 11 is 0. The molecule has 1 rings (SSSR count). The molecule has 0 aromatic carbocycles. The van der Waals surface area contributed by atoms with Crippen molar-refractivity contribution >= 4 is 11.9 Å². The van der Waals surface area contributed by atoms with E-state index in [9.17, 15) is 9.59 Å². The first kappa shape index (κ1) is 12.9. The Labute approximate surface area is 94.4 Å². The van der Waals surface area contributed by atoms with Gasteiger partial charge in [0, 0.05) is 18.5 Å². The minimum atomic E-state index is -1.00. The van der Waals surface area contributed by atoms with Gasteiger partial charge in [-0.05, 0) is 25.7 Å². The fourth-order valence-corrected chi connectivity index (χ4v) is 1.96. The van der Waals surface area contributed by atoms with Crippen molar-refractivity contribution in [3.05, 3.63) is 0 Å². The van der Waals surface area contributed by atoms with E-state index in [1.54, 1.807) is 0 Å². The number of carboxylic acid groups (broad SMARTS) is 1. The number of rotatable bonds is 5. The van der Waals surface area contributed by atoms with Gasteiger partial charge in [-0.15, -0.1) is 0 Å². The number of carbonyl (C=O) groups excluding carboxylic acids is 1. The molecule has 1 aliphatic rings. The van der Waals surface area contributed by atoms with Crippen LogP contribution in [0.4, 0.5) is 0 Å². The molecule has 6 N–H and O–H groups in total. The molecule has 6 heteroatoms.